The second kappa shape index (κ2) is 6.59. The van der Waals surface area contributed by atoms with Crippen LogP contribution in [0.15, 0.2) is 0 Å². The van der Waals surface area contributed by atoms with E-state index in [-0.39, 0.29) is 23.8 Å². The average molecular weight is 307 g/mol. The maximum Gasteiger partial charge on any atom is 0.308 e. The predicted molar refractivity (Wildman–Crippen MR) is 84.3 cm³/mol. The summed E-state index contributed by atoms with van der Waals surface area (Å²) in [4.78, 5) is 26.1. The molecule has 4 heteroatoms. The van der Waals surface area contributed by atoms with Gasteiger partial charge >= 0.3 is 5.97 Å². The van der Waals surface area contributed by atoms with Crippen molar-refractivity contribution in [1.82, 2.24) is 4.90 Å². The van der Waals surface area contributed by atoms with Crippen molar-refractivity contribution >= 4 is 11.9 Å². The van der Waals surface area contributed by atoms with E-state index >= 15 is 0 Å². The lowest BCUT2D eigenvalue weighted by atomic mass is 9.67. The van der Waals surface area contributed by atoms with Gasteiger partial charge in [0.1, 0.15) is 0 Å². The highest BCUT2D eigenvalue weighted by Crippen LogP contribution is 2.43. The fourth-order valence-electron chi connectivity index (χ4n) is 4.95. The van der Waals surface area contributed by atoms with Crippen LogP contribution in [0.5, 0.6) is 0 Å². The molecule has 0 spiro atoms. The zero-order valence-corrected chi connectivity index (χ0v) is 13.7. The van der Waals surface area contributed by atoms with E-state index in [2.05, 4.69) is 6.92 Å². The molecule has 1 amide bonds. The third-order valence-corrected chi connectivity index (χ3v) is 6.40. The molecule has 5 unspecified atom stereocenters. The molecule has 1 heterocycles. The smallest absolute Gasteiger partial charge is 0.308 e. The molecule has 5 atom stereocenters. The first kappa shape index (κ1) is 15.8. The lowest BCUT2D eigenvalue weighted by molar-refractivity contribution is -0.149. The highest BCUT2D eigenvalue weighted by atomic mass is 16.4. The molecule has 124 valence electrons. The van der Waals surface area contributed by atoms with Crippen molar-refractivity contribution in [2.75, 3.05) is 6.54 Å². The molecule has 0 radical (unpaired) electrons. The lowest BCUT2D eigenvalue weighted by Crippen LogP contribution is -2.50. The number of likely N-dealkylation sites (tertiary alicyclic amines) is 1. The number of carboxylic acids is 1. The maximum atomic E-state index is 12.9. The first-order valence-corrected chi connectivity index (χ1v) is 9.09. The van der Waals surface area contributed by atoms with Crippen molar-refractivity contribution in [2.24, 2.45) is 23.7 Å². The van der Waals surface area contributed by atoms with Crippen LogP contribution in [0.2, 0.25) is 0 Å². The molecule has 2 saturated carbocycles. The molecule has 1 N–H and O–H groups in total. The molecular formula is C18H29NO3. The van der Waals surface area contributed by atoms with E-state index in [0.29, 0.717) is 13.0 Å². The largest absolute Gasteiger partial charge is 0.481 e. The molecule has 3 fully saturated rings. The summed E-state index contributed by atoms with van der Waals surface area (Å²) in [5.41, 5.74) is 0. The van der Waals surface area contributed by atoms with E-state index in [0.717, 1.165) is 31.1 Å². The van der Waals surface area contributed by atoms with Crippen LogP contribution < -0.4 is 0 Å². The van der Waals surface area contributed by atoms with Crippen molar-refractivity contribution in [2.45, 2.75) is 70.8 Å². The van der Waals surface area contributed by atoms with Gasteiger partial charge in [-0.15, -0.1) is 0 Å². The molecule has 4 nitrogen and oxygen atoms in total. The maximum absolute atomic E-state index is 12.9. The number of carbonyl (C=O) groups is 2. The van der Waals surface area contributed by atoms with Crippen LogP contribution in [-0.4, -0.2) is 34.5 Å². The van der Waals surface area contributed by atoms with E-state index in [1.54, 1.807) is 0 Å². The number of fused-ring (bicyclic) bond motifs is 1. The monoisotopic (exact) mass is 307 g/mol. The molecule has 0 aromatic rings. The quantitative estimate of drug-likeness (QED) is 0.851. The fraction of sp³-hybridized carbons (Fsp3) is 0.889. The van der Waals surface area contributed by atoms with E-state index in [1.165, 1.54) is 32.1 Å². The lowest BCUT2D eigenvalue weighted by Gasteiger charge is -2.43. The number of aliphatic carboxylic acids is 1. The molecule has 0 aromatic carbocycles. The number of amides is 1. The van der Waals surface area contributed by atoms with Crippen molar-refractivity contribution < 1.29 is 14.7 Å². The van der Waals surface area contributed by atoms with E-state index in [9.17, 15) is 14.7 Å². The molecule has 2 aliphatic carbocycles. The van der Waals surface area contributed by atoms with Gasteiger partial charge < -0.3 is 10.0 Å². The molecular weight excluding hydrogens is 278 g/mol. The summed E-state index contributed by atoms with van der Waals surface area (Å²) < 4.78 is 0. The van der Waals surface area contributed by atoms with Crippen LogP contribution in [0.4, 0.5) is 0 Å². The zero-order valence-electron chi connectivity index (χ0n) is 13.7. The Morgan fingerprint density at radius 3 is 2.32 bits per heavy atom. The zero-order chi connectivity index (χ0) is 15.7. The van der Waals surface area contributed by atoms with Crippen molar-refractivity contribution in [1.29, 1.82) is 0 Å². The average Bonchev–Trinajstić information content (AvgIpc) is 2.54. The minimum atomic E-state index is -0.749. The van der Waals surface area contributed by atoms with Crippen LogP contribution in [0.3, 0.4) is 0 Å². The highest BCUT2D eigenvalue weighted by Gasteiger charge is 2.39. The van der Waals surface area contributed by atoms with Gasteiger partial charge in [0.05, 0.1) is 5.92 Å². The summed E-state index contributed by atoms with van der Waals surface area (Å²) in [6.07, 6.45) is 10.1. The summed E-state index contributed by atoms with van der Waals surface area (Å²) >= 11 is 0. The van der Waals surface area contributed by atoms with Crippen LogP contribution in [0, 0.1) is 23.7 Å². The molecule has 3 aliphatic rings. The van der Waals surface area contributed by atoms with Gasteiger partial charge in [-0.1, -0.05) is 25.7 Å². The Morgan fingerprint density at radius 2 is 1.59 bits per heavy atom. The van der Waals surface area contributed by atoms with E-state index < -0.39 is 5.97 Å². The first-order valence-electron chi connectivity index (χ1n) is 9.09. The number of hydrogen-bond acceptors (Lipinski definition) is 2. The number of carboxylic acid groups (broad SMARTS) is 1. The van der Waals surface area contributed by atoms with Crippen molar-refractivity contribution in [3.8, 4) is 0 Å². The fourth-order valence-corrected chi connectivity index (χ4v) is 4.95. The van der Waals surface area contributed by atoms with E-state index in [4.69, 9.17) is 0 Å². The summed E-state index contributed by atoms with van der Waals surface area (Å²) in [6, 6.07) is 0.201. The normalized spacial score (nSPS) is 39.1. The Hall–Kier alpha value is -1.06. The van der Waals surface area contributed by atoms with E-state index in [1.807, 2.05) is 4.90 Å². The van der Waals surface area contributed by atoms with Gasteiger partial charge in [-0.25, -0.2) is 0 Å². The summed E-state index contributed by atoms with van der Waals surface area (Å²) in [5.74, 6) is 0.860. The molecule has 1 saturated heterocycles. The standard InChI is InChI=1S/C18H29NO3/c1-12-6-7-16(18(21)22)11-19(12)17(20)15-9-8-13-4-2-3-5-14(13)10-15/h12-16H,2-11H2,1H3,(H,21,22). The predicted octanol–water partition coefficient (Wildman–Crippen LogP) is 3.30. The van der Waals surface area contributed by atoms with Gasteiger partial charge in [-0.05, 0) is 50.9 Å². The van der Waals surface area contributed by atoms with Gasteiger partial charge in [0.15, 0.2) is 0 Å². The molecule has 3 rings (SSSR count). The topological polar surface area (TPSA) is 57.6 Å². The second-order valence-corrected chi connectivity index (χ2v) is 7.77. The number of carbonyl (C=O) groups excluding carboxylic acids is 1. The minimum Gasteiger partial charge on any atom is -0.481 e. The van der Waals surface area contributed by atoms with Crippen LogP contribution >= 0.6 is 0 Å². The minimum absolute atomic E-state index is 0.148. The third kappa shape index (κ3) is 3.16. The van der Waals surface area contributed by atoms with Gasteiger partial charge in [0, 0.05) is 18.5 Å². The van der Waals surface area contributed by atoms with Crippen LogP contribution in [0.1, 0.15) is 64.7 Å². The first-order chi connectivity index (χ1) is 10.6. The third-order valence-electron chi connectivity index (χ3n) is 6.40. The van der Waals surface area contributed by atoms with Crippen molar-refractivity contribution in [3.63, 3.8) is 0 Å². The molecule has 22 heavy (non-hydrogen) atoms. The highest BCUT2D eigenvalue weighted by molar-refractivity contribution is 5.80. The SMILES string of the molecule is CC1CCC(C(=O)O)CN1C(=O)C1CCC2CCCCC2C1. The number of rotatable bonds is 2. The molecule has 0 aromatic heterocycles. The van der Waals surface area contributed by atoms with Crippen molar-refractivity contribution in [3.05, 3.63) is 0 Å². The summed E-state index contributed by atoms with van der Waals surface area (Å²) in [6.45, 7) is 2.49. The Labute approximate surface area is 133 Å². The number of nitrogens with zero attached hydrogens (tertiary/aromatic N) is 1. The van der Waals surface area contributed by atoms with Crippen LogP contribution in [-0.2, 0) is 9.59 Å². The Bertz CT molecular complexity index is 436. The Morgan fingerprint density at radius 1 is 0.909 bits per heavy atom. The van der Waals surface area contributed by atoms with Crippen LogP contribution in [0.25, 0.3) is 0 Å². The Kier molecular flexibility index (Phi) is 4.74. The summed E-state index contributed by atoms with van der Waals surface area (Å²) in [7, 11) is 0. The van der Waals surface area contributed by atoms with Gasteiger partial charge in [0.25, 0.3) is 0 Å². The number of hydrogen-bond donors (Lipinski definition) is 1. The summed E-state index contributed by atoms with van der Waals surface area (Å²) in [5, 5.41) is 9.25. The molecule has 0 bridgehead atoms. The second-order valence-electron chi connectivity index (χ2n) is 7.77. The van der Waals surface area contributed by atoms with Gasteiger partial charge in [0.2, 0.25) is 5.91 Å². The van der Waals surface area contributed by atoms with Gasteiger partial charge in [-0.3, -0.25) is 9.59 Å². The Balaban J connectivity index is 1.63. The number of piperidine rings is 1. The molecule has 1 aliphatic heterocycles. The van der Waals surface area contributed by atoms with Gasteiger partial charge in [-0.2, -0.15) is 0 Å².